The first-order valence-corrected chi connectivity index (χ1v) is 12.4. The molecular weight excluding hydrogens is 408 g/mol. The van der Waals surface area contributed by atoms with Crippen molar-refractivity contribution in [1.29, 1.82) is 0 Å². The Balaban J connectivity index is 1.25. The fourth-order valence-corrected chi connectivity index (χ4v) is 5.43. The zero-order valence-electron chi connectivity index (χ0n) is 18.3. The minimum atomic E-state index is -0.282. The van der Waals surface area contributed by atoms with E-state index in [1.807, 2.05) is 41.5 Å². The Labute approximate surface area is 189 Å². The van der Waals surface area contributed by atoms with Gasteiger partial charge in [-0.25, -0.2) is 0 Å². The highest BCUT2D eigenvalue weighted by Gasteiger charge is 2.38. The van der Waals surface area contributed by atoms with Crippen LogP contribution in [0.25, 0.3) is 0 Å². The van der Waals surface area contributed by atoms with Gasteiger partial charge in [0.1, 0.15) is 11.8 Å². The number of amides is 2. The molecule has 0 bridgehead atoms. The second kappa shape index (κ2) is 10.3. The summed E-state index contributed by atoms with van der Waals surface area (Å²) >= 11 is 1.45. The van der Waals surface area contributed by atoms with Crippen molar-refractivity contribution in [2.24, 2.45) is 5.92 Å². The number of hydrogen-bond donors (Lipinski definition) is 0. The number of carbonyl (C=O) groups excluding carboxylic acids is 2. The maximum absolute atomic E-state index is 13.2. The number of rotatable bonds is 7. The van der Waals surface area contributed by atoms with Gasteiger partial charge in [0.15, 0.2) is 0 Å². The van der Waals surface area contributed by atoms with Crippen molar-refractivity contribution >= 4 is 23.2 Å². The molecule has 3 heterocycles. The Hall–Kier alpha value is -2.34. The molecule has 0 unspecified atom stereocenters. The molecule has 2 amide bonds. The highest BCUT2D eigenvalue weighted by molar-refractivity contribution is 7.12. The molecule has 0 radical (unpaired) electrons. The third kappa shape index (κ3) is 5.29. The van der Waals surface area contributed by atoms with Crippen LogP contribution < -0.4 is 4.74 Å². The Kier molecular flexibility index (Phi) is 7.28. The lowest BCUT2D eigenvalue weighted by Gasteiger charge is -2.35. The first-order chi connectivity index (χ1) is 15.2. The second-order valence-electron chi connectivity index (χ2n) is 8.52. The lowest BCUT2D eigenvalue weighted by molar-refractivity contribution is -0.136. The van der Waals surface area contributed by atoms with Crippen LogP contribution >= 0.6 is 11.3 Å². The van der Waals surface area contributed by atoms with Crippen LogP contribution in [0.2, 0.25) is 0 Å². The van der Waals surface area contributed by atoms with E-state index in [0.717, 1.165) is 62.2 Å². The standard InChI is InChI=1S/C25H32N2O3S/c1-2-30-21-11-9-19(10-12-21)7-8-20-13-16-26(17-14-20)24(28)22-5-3-15-27(22)25(29)23-6-4-18-31-23/h4,6,9-12,18,20,22H,2-3,5,7-8,13-17H2,1H3/t22-/m0/s1. The molecule has 0 aliphatic carbocycles. The quantitative estimate of drug-likeness (QED) is 0.631. The van der Waals surface area contributed by atoms with Crippen molar-refractivity contribution in [2.75, 3.05) is 26.2 Å². The number of ether oxygens (including phenoxy) is 1. The summed E-state index contributed by atoms with van der Waals surface area (Å²) in [7, 11) is 0. The van der Waals surface area contributed by atoms with E-state index >= 15 is 0 Å². The van der Waals surface area contributed by atoms with E-state index in [1.165, 1.54) is 16.9 Å². The number of nitrogens with zero attached hydrogens (tertiary/aromatic N) is 2. The van der Waals surface area contributed by atoms with E-state index in [1.54, 1.807) is 4.90 Å². The fourth-order valence-electron chi connectivity index (χ4n) is 4.75. The highest BCUT2D eigenvalue weighted by atomic mass is 32.1. The van der Waals surface area contributed by atoms with Crippen LogP contribution in [0, 0.1) is 5.92 Å². The molecule has 1 aromatic heterocycles. The average Bonchev–Trinajstić information content (AvgIpc) is 3.51. The smallest absolute Gasteiger partial charge is 0.264 e. The molecule has 4 rings (SSSR count). The molecule has 2 aliphatic rings. The van der Waals surface area contributed by atoms with Crippen molar-refractivity contribution in [3.8, 4) is 5.75 Å². The van der Waals surface area contributed by atoms with Gasteiger partial charge in [-0.05, 0) is 80.5 Å². The summed E-state index contributed by atoms with van der Waals surface area (Å²) in [6.07, 6.45) is 6.02. The number of benzene rings is 1. The summed E-state index contributed by atoms with van der Waals surface area (Å²) in [5, 5.41) is 1.91. The molecular formula is C25H32N2O3S. The van der Waals surface area contributed by atoms with Crippen molar-refractivity contribution in [2.45, 2.75) is 51.5 Å². The molecule has 2 saturated heterocycles. The summed E-state index contributed by atoms with van der Waals surface area (Å²) in [6.45, 7) is 4.99. The maximum Gasteiger partial charge on any atom is 0.264 e. The lowest BCUT2D eigenvalue weighted by atomic mass is 9.90. The molecule has 5 nitrogen and oxygen atoms in total. The molecule has 1 aromatic carbocycles. The summed E-state index contributed by atoms with van der Waals surface area (Å²) in [6, 6.07) is 11.9. The zero-order chi connectivity index (χ0) is 21.6. The molecule has 0 spiro atoms. The minimum Gasteiger partial charge on any atom is -0.494 e. The zero-order valence-corrected chi connectivity index (χ0v) is 19.1. The first-order valence-electron chi connectivity index (χ1n) is 11.5. The second-order valence-corrected chi connectivity index (χ2v) is 9.47. The fraction of sp³-hybridized carbons (Fsp3) is 0.520. The van der Waals surface area contributed by atoms with E-state index in [0.29, 0.717) is 19.1 Å². The van der Waals surface area contributed by atoms with Crippen LogP contribution in [0.15, 0.2) is 41.8 Å². The van der Waals surface area contributed by atoms with Gasteiger partial charge in [0.05, 0.1) is 11.5 Å². The van der Waals surface area contributed by atoms with Gasteiger partial charge in [-0.2, -0.15) is 0 Å². The predicted molar refractivity (Wildman–Crippen MR) is 124 cm³/mol. The van der Waals surface area contributed by atoms with Crippen molar-refractivity contribution in [1.82, 2.24) is 9.80 Å². The molecule has 166 valence electrons. The van der Waals surface area contributed by atoms with Crippen LogP contribution in [0.4, 0.5) is 0 Å². The number of piperidine rings is 1. The topological polar surface area (TPSA) is 49.9 Å². The van der Waals surface area contributed by atoms with Gasteiger partial charge in [-0.1, -0.05) is 18.2 Å². The summed E-state index contributed by atoms with van der Waals surface area (Å²) < 4.78 is 5.51. The third-order valence-corrected chi connectivity index (χ3v) is 7.39. The number of hydrogen-bond acceptors (Lipinski definition) is 4. The average molecular weight is 441 g/mol. The van der Waals surface area contributed by atoms with Crippen molar-refractivity contribution in [3.63, 3.8) is 0 Å². The van der Waals surface area contributed by atoms with E-state index in [-0.39, 0.29) is 17.9 Å². The third-order valence-electron chi connectivity index (χ3n) is 6.53. The molecule has 2 aliphatic heterocycles. The van der Waals surface area contributed by atoms with Gasteiger partial charge in [0, 0.05) is 19.6 Å². The molecule has 0 N–H and O–H groups in total. The van der Waals surface area contributed by atoms with Crippen LogP contribution in [0.5, 0.6) is 5.75 Å². The van der Waals surface area contributed by atoms with Gasteiger partial charge >= 0.3 is 0 Å². The molecule has 2 aromatic rings. The molecule has 0 saturated carbocycles. The SMILES string of the molecule is CCOc1ccc(CCC2CCN(C(=O)[C@@H]3CCCN3C(=O)c3cccs3)CC2)cc1. The lowest BCUT2D eigenvalue weighted by Crippen LogP contribution is -2.49. The number of carbonyl (C=O) groups is 2. The van der Waals surface area contributed by atoms with E-state index in [2.05, 4.69) is 12.1 Å². The van der Waals surface area contributed by atoms with Gasteiger partial charge in [0.2, 0.25) is 5.91 Å². The van der Waals surface area contributed by atoms with Gasteiger partial charge in [0.25, 0.3) is 5.91 Å². The van der Waals surface area contributed by atoms with E-state index in [9.17, 15) is 9.59 Å². The number of aryl methyl sites for hydroxylation is 1. The molecule has 2 fully saturated rings. The molecule has 31 heavy (non-hydrogen) atoms. The Morgan fingerprint density at radius 2 is 1.84 bits per heavy atom. The van der Waals surface area contributed by atoms with Crippen LogP contribution in [-0.4, -0.2) is 53.9 Å². The summed E-state index contributed by atoms with van der Waals surface area (Å²) in [4.78, 5) is 30.5. The largest absolute Gasteiger partial charge is 0.494 e. The van der Waals surface area contributed by atoms with Crippen LogP contribution in [0.1, 0.15) is 54.3 Å². The number of likely N-dealkylation sites (tertiary alicyclic amines) is 2. The Bertz CT molecular complexity index is 857. The van der Waals surface area contributed by atoms with Crippen molar-refractivity contribution in [3.05, 3.63) is 52.2 Å². The predicted octanol–water partition coefficient (Wildman–Crippen LogP) is 4.62. The van der Waals surface area contributed by atoms with Crippen LogP contribution in [-0.2, 0) is 11.2 Å². The highest BCUT2D eigenvalue weighted by Crippen LogP contribution is 2.27. The Morgan fingerprint density at radius 1 is 1.06 bits per heavy atom. The maximum atomic E-state index is 13.2. The molecule has 1 atom stereocenters. The van der Waals surface area contributed by atoms with Gasteiger partial charge < -0.3 is 14.5 Å². The van der Waals surface area contributed by atoms with Gasteiger partial charge in [-0.3, -0.25) is 9.59 Å². The van der Waals surface area contributed by atoms with Crippen molar-refractivity contribution < 1.29 is 14.3 Å². The monoisotopic (exact) mass is 440 g/mol. The van der Waals surface area contributed by atoms with Gasteiger partial charge in [-0.15, -0.1) is 11.3 Å². The number of thiophene rings is 1. The minimum absolute atomic E-state index is 0.0103. The molecule has 6 heteroatoms. The normalized spacial score (nSPS) is 19.6. The first kappa shape index (κ1) is 21.9. The van der Waals surface area contributed by atoms with E-state index in [4.69, 9.17) is 4.74 Å². The van der Waals surface area contributed by atoms with Crippen LogP contribution in [0.3, 0.4) is 0 Å². The summed E-state index contributed by atoms with van der Waals surface area (Å²) in [5.41, 5.74) is 1.34. The Morgan fingerprint density at radius 3 is 2.52 bits per heavy atom. The van der Waals surface area contributed by atoms with E-state index < -0.39 is 0 Å². The summed E-state index contributed by atoms with van der Waals surface area (Å²) in [5.74, 6) is 1.74.